The van der Waals surface area contributed by atoms with Gasteiger partial charge in [0.05, 0.1) is 6.04 Å². The Bertz CT molecular complexity index is 243. The highest BCUT2D eigenvalue weighted by Gasteiger charge is 2.27. The minimum Gasteiger partial charge on any atom is -0.351 e. The van der Waals surface area contributed by atoms with Crippen LogP contribution in [0.2, 0.25) is 0 Å². The van der Waals surface area contributed by atoms with Gasteiger partial charge in [0.25, 0.3) is 0 Å². The molecule has 1 saturated heterocycles. The number of hydrogen-bond acceptors (Lipinski definition) is 3. The minimum atomic E-state index is 0.00425. The highest BCUT2D eigenvalue weighted by molar-refractivity contribution is 5.81. The number of nitrogens with one attached hydrogen (secondary N) is 2. The Hall–Kier alpha value is -1.10. The number of likely N-dealkylation sites (tertiary alicyclic amines) is 1. The molecule has 0 aliphatic carbocycles. The average Bonchev–Trinajstić information content (AvgIpc) is 2.46. The van der Waals surface area contributed by atoms with Gasteiger partial charge in [0.2, 0.25) is 11.8 Å². The third kappa shape index (κ3) is 3.87. The maximum Gasteiger partial charge on any atom is 0.224 e. The summed E-state index contributed by atoms with van der Waals surface area (Å²) in [7, 11) is 3.62. The van der Waals surface area contributed by atoms with Crippen LogP contribution in [0, 0.1) is 0 Å². The Labute approximate surface area is 90.2 Å². The first-order valence-electron chi connectivity index (χ1n) is 5.31. The third-order valence-electron chi connectivity index (χ3n) is 2.54. The van der Waals surface area contributed by atoms with Gasteiger partial charge >= 0.3 is 0 Å². The monoisotopic (exact) mass is 213 g/mol. The van der Waals surface area contributed by atoms with Crippen molar-refractivity contribution in [2.45, 2.75) is 25.3 Å². The second kappa shape index (κ2) is 5.70. The molecule has 1 rings (SSSR count). The highest BCUT2D eigenvalue weighted by atomic mass is 16.2. The lowest BCUT2D eigenvalue weighted by Crippen LogP contribution is -2.36. The van der Waals surface area contributed by atoms with E-state index < -0.39 is 0 Å². The number of carbonyl (C=O) groups is 2. The van der Waals surface area contributed by atoms with Gasteiger partial charge in [-0.3, -0.25) is 9.59 Å². The maximum atomic E-state index is 11.4. The molecule has 1 heterocycles. The molecule has 86 valence electrons. The van der Waals surface area contributed by atoms with Crippen LogP contribution in [-0.4, -0.2) is 49.9 Å². The zero-order chi connectivity index (χ0) is 11.3. The Balaban J connectivity index is 2.18. The van der Waals surface area contributed by atoms with Crippen molar-refractivity contribution in [1.29, 1.82) is 0 Å². The van der Waals surface area contributed by atoms with E-state index in [1.165, 1.54) is 0 Å². The quantitative estimate of drug-likeness (QED) is 0.596. The van der Waals surface area contributed by atoms with Crippen LogP contribution in [0.3, 0.4) is 0 Å². The number of rotatable bonds is 5. The molecule has 0 saturated carbocycles. The smallest absolute Gasteiger partial charge is 0.224 e. The van der Waals surface area contributed by atoms with Gasteiger partial charge in [-0.1, -0.05) is 0 Å². The minimum absolute atomic E-state index is 0.00425. The second-order valence-corrected chi connectivity index (χ2v) is 3.95. The topological polar surface area (TPSA) is 61.4 Å². The zero-order valence-corrected chi connectivity index (χ0v) is 9.38. The summed E-state index contributed by atoms with van der Waals surface area (Å²) in [6.07, 6.45) is 1.79. The molecule has 0 aromatic rings. The number of likely N-dealkylation sites (N-methyl/N-ethyl adjacent to an activating group) is 1. The van der Waals surface area contributed by atoms with Gasteiger partial charge in [-0.05, 0) is 20.0 Å². The molecule has 5 nitrogen and oxygen atoms in total. The Morgan fingerprint density at radius 3 is 2.87 bits per heavy atom. The second-order valence-electron chi connectivity index (χ2n) is 3.95. The molecule has 0 aromatic carbocycles. The van der Waals surface area contributed by atoms with Crippen molar-refractivity contribution in [3.8, 4) is 0 Å². The molecule has 0 spiro atoms. The summed E-state index contributed by atoms with van der Waals surface area (Å²) in [6, 6.07) is 0.00425. The van der Waals surface area contributed by atoms with Crippen LogP contribution in [0.1, 0.15) is 19.3 Å². The van der Waals surface area contributed by atoms with Crippen LogP contribution >= 0.6 is 0 Å². The van der Waals surface area contributed by atoms with Crippen molar-refractivity contribution < 1.29 is 9.59 Å². The lowest BCUT2D eigenvalue weighted by atomic mass is 10.2. The number of amides is 2. The maximum absolute atomic E-state index is 11.4. The highest BCUT2D eigenvalue weighted by Crippen LogP contribution is 2.08. The van der Waals surface area contributed by atoms with E-state index in [9.17, 15) is 9.59 Å². The molecular weight excluding hydrogens is 194 g/mol. The number of carbonyl (C=O) groups excluding carboxylic acids is 2. The first-order chi connectivity index (χ1) is 7.13. The molecule has 1 fully saturated rings. The molecule has 15 heavy (non-hydrogen) atoms. The van der Waals surface area contributed by atoms with Gasteiger partial charge in [0, 0.05) is 26.4 Å². The lowest BCUT2D eigenvalue weighted by Gasteiger charge is -2.12. The molecule has 0 bridgehead atoms. The molecule has 0 radical (unpaired) electrons. The number of hydrogen-bond donors (Lipinski definition) is 2. The van der Waals surface area contributed by atoms with E-state index >= 15 is 0 Å². The van der Waals surface area contributed by atoms with Crippen LogP contribution in [-0.2, 0) is 9.59 Å². The van der Waals surface area contributed by atoms with Crippen LogP contribution in [0.5, 0.6) is 0 Å². The van der Waals surface area contributed by atoms with Crippen molar-refractivity contribution in [3.05, 3.63) is 0 Å². The average molecular weight is 213 g/mol. The lowest BCUT2D eigenvalue weighted by molar-refractivity contribution is -0.126. The summed E-state index contributed by atoms with van der Waals surface area (Å²) in [5.74, 6) is 0.147. The van der Waals surface area contributed by atoms with Gasteiger partial charge in [-0.2, -0.15) is 0 Å². The Morgan fingerprint density at radius 1 is 1.60 bits per heavy atom. The van der Waals surface area contributed by atoms with E-state index in [1.807, 2.05) is 7.05 Å². The molecule has 1 unspecified atom stereocenters. The predicted octanol–water partition coefficient (Wildman–Crippen LogP) is -0.667. The van der Waals surface area contributed by atoms with Gasteiger partial charge < -0.3 is 15.5 Å². The van der Waals surface area contributed by atoms with Crippen LogP contribution < -0.4 is 10.6 Å². The Morgan fingerprint density at radius 2 is 2.33 bits per heavy atom. The normalized spacial score (nSPS) is 20.8. The summed E-state index contributed by atoms with van der Waals surface area (Å²) in [5, 5.41) is 5.86. The summed E-state index contributed by atoms with van der Waals surface area (Å²) in [4.78, 5) is 24.3. The van der Waals surface area contributed by atoms with Gasteiger partial charge in [0.15, 0.2) is 0 Å². The number of nitrogens with zero attached hydrogens (tertiary/aromatic N) is 1. The van der Waals surface area contributed by atoms with E-state index in [-0.39, 0.29) is 17.9 Å². The van der Waals surface area contributed by atoms with Crippen molar-refractivity contribution in [2.75, 3.05) is 27.2 Å². The summed E-state index contributed by atoms with van der Waals surface area (Å²) >= 11 is 0. The molecule has 1 atom stereocenters. The third-order valence-corrected chi connectivity index (χ3v) is 2.54. The summed E-state index contributed by atoms with van der Waals surface area (Å²) in [5.41, 5.74) is 0. The van der Waals surface area contributed by atoms with Crippen LogP contribution in [0.4, 0.5) is 0 Å². The molecule has 5 heteroatoms. The van der Waals surface area contributed by atoms with E-state index in [4.69, 9.17) is 0 Å². The van der Waals surface area contributed by atoms with Gasteiger partial charge in [-0.15, -0.1) is 0 Å². The predicted molar refractivity (Wildman–Crippen MR) is 57.3 cm³/mol. The Kier molecular flexibility index (Phi) is 4.55. The van der Waals surface area contributed by atoms with E-state index in [1.54, 1.807) is 11.9 Å². The van der Waals surface area contributed by atoms with Crippen molar-refractivity contribution in [2.24, 2.45) is 0 Å². The van der Waals surface area contributed by atoms with Crippen molar-refractivity contribution in [3.63, 3.8) is 0 Å². The largest absolute Gasteiger partial charge is 0.351 e. The van der Waals surface area contributed by atoms with Crippen LogP contribution in [0.25, 0.3) is 0 Å². The SMILES string of the molecule is CNCCCC(=O)NC1CC(=O)N(C)C1. The van der Waals surface area contributed by atoms with E-state index in [0.29, 0.717) is 19.4 Å². The fourth-order valence-electron chi connectivity index (χ4n) is 1.69. The zero-order valence-electron chi connectivity index (χ0n) is 9.38. The molecule has 2 amide bonds. The van der Waals surface area contributed by atoms with Crippen LogP contribution in [0.15, 0.2) is 0 Å². The van der Waals surface area contributed by atoms with Gasteiger partial charge in [-0.25, -0.2) is 0 Å². The first kappa shape index (κ1) is 12.0. The molecular formula is C10H19N3O2. The molecule has 0 aromatic heterocycles. The summed E-state index contributed by atoms with van der Waals surface area (Å²) < 4.78 is 0. The fraction of sp³-hybridized carbons (Fsp3) is 0.800. The molecule has 2 N–H and O–H groups in total. The standard InChI is InChI=1S/C10H19N3O2/c1-11-5-3-4-9(14)12-8-6-10(15)13(2)7-8/h8,11H,3-7H2,1-2H3,(H,12,14). The summed E-state index contributed by atoms with van der Waals surface area (Å²) in [6.45, 7) is 1.48. The molecule has 1 aliphatic heterocycles. The fourth-order valence-corrected chi connectivity index (χ4v) is 1.69. The molecule has 1 aliphatic rings. The van der Waals surface area contributed by atoms with E-state index in [2.05, 4.69) is 10.6 Å². The van der Waals surface area contributed by atoms with E-state index in [0.717, 1.165) is 13.0 Å². The first-order valence-corrected chi connectivity index (χ1v) is 5.31. The van der Waals surface area contributed by atoms with Crippen molar-refractivity contribution >= 4 is 11.8 Å². The van der Waals surface area contributed by atoms with Crippen molar-refractivity contribution in [1.82, 2.24) is 15.5 Å². The van der Waals surface area contributed by atoms with Gasteiger partial charge in [0.1, 0.15) is 0 Å².